The number of nitriles is 1. The Bertz CT molecular complexity index is 982. The molecular weight excluding hydrogens is 346 g/mol. The van der Waals surface area contributed by atoms with Crippen LogP contribution in [0.4, 0.5) is 5.82 Å². The van der Waals surface area contributed by atoms with Crippen LogP contribution in [0.1, 0.15) is 28.2 Å². The summed E-state index contributed by atoms with van der Waals surface area (Å²) in [5, 5.41) is 19.5. The number of anilines is 1. The number of hydrogen-bond acceptors (Lipinski definition) is 8. The number of benzene rings is 1. The molecule has 2 aliphatic rings. The molecule has 1 aliphatic carbocycles. The van der Waals surface area contributed by atoms with Crippen molar-refractivity contribution in [3.05, 3.63) is 40.5 Å². The lowest BCUT2D eigenvalue weighted by molar-refractivity contribution is -0.143. The molecular formula is C19H19N5O3. The Labute approximate surface area is 155 Å². The van der Waals surface area contributed by atoms with Crippen molar-refractivity contribution in [2.45, 2.75) is 24.8 Å². The highest BCUT2D eigenvalue weighted by Gasteiger charge is 2.39. The number of aromatic nitrogens is 1. The van der Waals surface area contributed by atoms with Gasteiger partial charge in [0.25, 0.3) is 0 Å². The van der Waals surface area contributed by atoms with Crippen LogP contribution in [0, 0.1) is 11.3 Å². The third kappa shape index (κ3) is 2.68. The monoisotopic (exact) mass is 365 g/mol. The lowest BCUT2D eigenvalue weighted by Gasteiger charge is -2.27. The summed E-state index contributed by atoms with van der Waals surface area (Å²) in [5.41, 5.74) is 16.6. The van der Waals surface area contributed by atoms with Gasteiger partial charge in [-0.15, -0.1) is 0 Å². The molecule has 1 aliphatic heterocycles. The first kappa shape index (κ1) is 17.3. The predicted octanol–water partition coefficient (Wildman–Crippen LogP) is 0.740. The zero-order valence-electron chi connectivity index (χ0n) is 14.7. The van der Waals surface area contributed by atoms with E-state index in [0.717, 1.165) is 22.3 Å². The highest BCUT2D eigenvalue weighted by atomic mass is 16.5. The number of nitrogens with two attached hydrogens (primary N) is 1. The van der Waals surface area contributed by atoms with Crippen molar-refractivity contribution >= 4 is 11.8 Å². The van der Waals surface area contributed by atoms with E-state index >= 15 is 0 Å². The molecule has 4 rings (SSSR count). The Morgan fingerprint density at radius 1 is 1.44 bits per heavy atom. The van der Waals surface area contributed by atoms with Gasteiger partial charge in [-0.2, -0.15) is 5.26 Å². The fraction of sp³-hybridized carbons (Fsp3) is 0.316. The molecule has 0 radical (unpaired) electrons. The first-order chi connectivity index (χ1) is 13.0. The molecule has 2 unspecified atom stereocenters. The van der Waals surface area contributed by atoms with Crippen LogP contribution in [0.2, 0.25) is 0 Å². The second-order valence-electron chi connectivity index (χ2n) is 6.70. The molecule has 8 heteroatoms. The second-order valence-corrected chi connectivity index (χ2v) is 6.70. The standard InChI is InChI=1S/C19H19N5O3/c1-27-19(26)17-14(8-22-24-17)15-12-4-2-9-6-10(25)3-5-11(9)16(12)23-18(21)13(15)7-20/h3,5-6,14,17,22,24-25H,2,4,8H2,1H3,(H2,21,23). The van der Waals surface area contributed by atoms with Crippen LogP contribution in [-0.4, -0.2) is 35.8 Å². The van der Waals surface area contributed by atoms with Gasteiger partial charge in [-0.1, -0.05) is 0 Å². The molecule has 0 saturated carbocycles. The molecule has 2 atom stereocenters. The fourth-order valence-electron chi connectivity index (χ4n) is 4.06. The van der Waals surface area contributed by atoms with Crippen LogP contribution >= 0.6 is 0 Å². The van der Waals surface area contributed by atoms with Crippen molar-refractivity contribution in [2.75, 3.05) is 19.4 Å². The zero-order chi connectivity index (χ0) is 19.1. The summed E-state index contributed by atoms with van der Waals surface area (Å²) in [7, 11) is 1.34. The SMILES string of the molecule is COC(=O)C1NNCC1c1c(C#N)c(N)nc2c1CCc1cc(O)ccc1-2. The normalized spacial score (nSPS) is 20.4. The molecule has 1 saturated heterocycles. The van der Waals surface area contributed by atoms with E-state index in [9.17, 15) is 15.2 Å². The molecule has 2 aromatic rings. The largest absolute Gasteiger partial charge is 0.508 e. The first-order valence-electron chi connectivity index (χ1n) is 8.66. The van der Waals surface area contributed by atoms with E-state index in [1.807, 2.05) is 6.07 Å². The molecule has 0 amide bonds. The van der Waals surface area contributed by atoms with E-state index in [-0.39, 0.29) is 17.5 Å². The summed E-state index contributed by atoms with van der Waals surface area (Å²) in [4.78, 5) is 16.7. The second kappa shape index (κ2) is 6.54. The quantitative estimate of drug-likeness (QED) is 0.573. The third-order valence-electron chi connectivity index (χ3n) is 5.28. The molecule has 2 heterocycles. The van der Waals surface area contributed by atoms with E-state index in [0.29, 0.717) is 30.6 Å². The summed E-state index contributed by atoms with van der Waals surface area (Å²) in [6.07, 6.45) is 1.35. The smallest absolute Gasteiger partial charge is 0.324 e. The Balaban J connectivity index is 1.94. The number of nitrogens with zero attached hydrogens (tertiary/aromatic N) is 2. The number of methoxy groups -OCH3 is 1. The topological polar surface area (TPSA) is 133 Å². The van der Waals surface area contributed by atoms with E-state index in [1.54, 1.807) is 12.1 Å². The molecule has 1 aromatic carbocycles. The van der Waals surface area contributed by atoms with Gasteiger partial charge in [0, 0.05) is 18.0 Å². The van der Waals surface area contributed by atoms with Crippen LogP contribution in [0.5, 0.6) is 5.75 Å². The number of nitrogens with one attached hydrogen (secondary N) is 2. The lowest BCUT2D eigenvalue weighted by atomic mass is 9.79. The number of fused-ring (bicyclic) bond motifs is 3. The number of rotatable bonds is 2. The van der Waals surface area contributed by atoms with Crippen molar-refractivity contribution in [3.8, 4) is 23.1 Å². The van der Waals surface area contributed by atoms with Crippen molar-refractivity contribution in [1.82, 2.24) is 15.8 Å². The van der Waals surface area contributed by atoms with E-state index in [4.69, 9.17) is 10.5 Å². The summed E-state index contributed by atoms with van der Waals surface area (Å²) in [6.45, 7) is 0.465. The van der Waals surface area contributed by atoms with Gasteiger partial charge in [0.1, 0.15) is 23.7 Å². The van der Waals surface area contributed by atoms with Crippen molar-refractivity contribution < 1.29 is 14.6 Å². The summed E-state index contributed by atoms with van der Waals surface area (Å²) < 4.78 is 4.90. The number of hydrogen-bond donors (Lipinski definition) is 4. The Hall–Kier alpha value is -3.15. The van der Waals surface area contributed by atoms with Gasteiger partial charge in [-0.05, 0) is 47.7 Å². The van der Waals surface area contributed by atoms with Gasteiger partial charge < -0.3 is 15.6 Å². The number of nitrogen functional groups attached to an aromatic ring is 1. The fourth-order valence-corrected chi connectivity index (χ4v) is 4.06. The number of carbonyl (C=O) groups is 1. The van der Waals surface area contributed by atoms with Crippen LogP contribution < -0.4 is 16.6 Å². The first-order valence-corrected chi connectivity index (χ1v) is 8.66. The highest BCUT2D eigenvalue weighted by Crippen LogP contribution is 2.41. The van der Waals surface area contributed by atoms with Gasteiger partial charge in [-0.25, -0.2) is 10.4 Å². The molecule has 0 spiro atoms. The maximum Gasteiger partial charge on any atom is 0.324 e. The number of carbonyl (C=O) groups excluding carboxylic acids is 1. The minimum atomic E-state index is -0.616. The molecule has 1 fully saturated rings. The average Bonchev–Trinajstić information content (AvgIpc) is 3.15. The van der Waals surface area contributed by atoms with Gasteiger partial charge in [-0.3, -0.25) is 10.2 Å². The predicted molar refractivity (Wildman–Crippen MR) is 97.6 cm³/mol. The number of phenolic OH excluding ortho intramolecular Hbond substituents is 1. The van der Waals surface area contributed by atoms with Gasteiger partial charge in [0.05, 0.1) is 18.4 Å². The van der Waals surface area contributed by atoms with Crippen molar-refractivity contribution in [3.63, 3.8) is 0 Å². The molecule has 1 aromatic heterocycles. The summed E-state index contributed by atoms with van der Waals surface area (Å²) in [6, 6.07) is 6.70. The Kier molecular flexibility index (Phi) is 4.18. The summed E-state index contributed by atoms with van der Waals surface area (Å²) >= 11 is 0. The number of hydrazine groups is 1. The number of esters is 1. The number of phenols is 1. The number of ether oxygens (including phenoxy) is 1. The number of aromatic hydroxyl groups is 1. The van der Waals surface area contributed by atoms with E-state index in [2.05, 4.69) is 21.9 Å². The zero-order valence-corrected chi connectivity index (χ0v) is 14.7. The molecule has 8 nitrogen and oxygen atoms in total. The minimum Gasteiger partial charge on any atom is -0.508 e. The van der Waals surface area contributed by atoms with Crippen LogP contribution in [0.25, 0.3) is 11.3 Å². The van der Waals surface area contributed by atoms with Crippen LogP contribution in [0.3, 0.4) is 0 Å². The molecule has 5 N–H and O–H groups in total. The minimum absolute atomic E-state index is 0.141. The lowest BCUT2D eigenvalue weighted by Crippen LogP contribution is -2.39. The third-order valence-corrected chi connectivity index (χ3v) is 5.28. The molecule has 138 valence electrons. The highest BCUT2D eigenvalue weighted by molar-refractivity contribution is 5.80. The van der Waals surface area contributed by atoms with Crippen molar-refractivity contribution in [2.24, 2.45) is 0 Å². The maximum absolute atomic E-state index is 12.2. The van der Waals surface area contributed by atoms with E-state index in [1.165, 1.54) is 7.11 Å². The Morgan fingerprint density at radius 3 is 3.00 bits per heavy atom. The van der Waals surface area contributed by atoms with Crippen molar-refractivity contribution in [1.29, 1.82) is 5.26 Å². The summed E-state index contributed by atoms with van der Waals surface area (Å²) in [5.74, 6) is -0.361. The number of pyridine rings is 1. The number of aryl methyl sites for hydroxylation is 1. The maximum atomic E-state index is 12.2. The van der Waals surface area contributed by atoms with Gasteiger partial charge in [0.15, 0.2) is 0 Å². The van der Waals surface area contributed by atoms with Gasteiger partial charge in [0.2, 0.25) is 0 Å². The molecule has 27 heavy (non-hydrogen) atoms. The average molecular weight is 365 g/mol. The Morgan fingerprint density at radius 2 is 2.26 bits per heavy atom. The van der Waals surface area contributed by atoms with Crippen LogP contribution in [0.15, 0.2) is 18.2 Å². The van der Waals surface area contributed by atoms with E-state index < -0.39 is 12.0 Å². The van der Waals surface area contributed by atoms with Crippen LogP contribution in [-0.2, 0) is 22.4 Å². The van der Waals surface area contributed by atoms with Gasteiger partial charge >= 0.3 is 5.97 Å². The molecule has 0 bridgehead atoms.